The summed E-state index contributed by atoms with van der Waals surface area (Å²) in [4.78, 5) is 22.8. The Kier molecular flexibility index (Phi) is 4.04. The molecule has 5 rings (SSSR count). The predicted molar refractivity (Wildman–Crippen MR) is 106 cm³/mol. The number of aromatic nitrogens is 7. The molecule has 10 nitrogen and oxygen atoms in total. The number of carbonyl (C=O) groups is 1. The van der Waals surface area contributed by atoms with Crippen molar-refractivity contribution in [3.05, 3.63) is 59.7 Å². The molecule has 0 saturated carbocycles. The Morgan fingerprint density at radius 3 is 2.77 bits per heavy atom. The number of hydrogen-bond acceptors (Lipinski definition) is 7. The fraction of sp³-hybridized carbons (Fsp3) is 0.250. The molecular formula is C20H16FN9O. The molecule has 4 heterocycles. The van der Waals surface area contributed by atoms with E-state index in [1.165, 1.54) is 40.0 Å². The van der Waals surface area contributed by atoms with Gasteiger partial charge in [0.15, 0.2) is 11.5 Å². The molecule has 1 amide bonds. The lowest BCUT2D eigenvalue weighted by Crippen LogP contribution is -2.22. The summed E-state index contributed by atoms with van der Waals surface area (Å²) in [5, 5.41) is 24.2. The summed E-state index contributed by atoms with van der Waals surface area (Å²) in [6.07, 6.45) is 6.52. The molecule has 0 saturated heterocycles. The largest absolute Gasteiger partial charge is 0.324 e. The SMILES string of the molecule is CC1(C)C[C@@H](C(=O)Nc2cnc(-n3nccn3)c(C#N)c2)c2cnc3cc(F)nn3c21. The third-order valence-corrected chi connectivity index (χ3v) is 5.39. The molecule has 4 aromatic heterocycles. The average molecular weight is 417 g/mol. The summed E-state index contributed by atoms with van der Waals surface area (Å²) < 4.78 is 15.2. The van der Waals surface area contributed by atoms with Gasteiger partial charge in [0, 0.05) is 23.2 Å². The minimum atomic E-state index is -0.619. The molecule has 1 atom stereocenters. The topological polar surface area (TPSA) is 127 Å². The van der Waals surface area contributed by atoms with Gasteiger partial charge in [-0.2, -0.15) is 19.8 Å². The van der Waals surface area contributed by atoms with Gasteiger partial charge < -0.3 is 5.32 Å². The molecule has 11 heteroatoms. The lowest BCUT2D eigenvalue weighted by atomic mass is 9.88. The highest BCUT2D eigenvalue weighted by atomic mass is 19.1. The van der Waals surface area contributed by atoms with E-state index >= 15 is 0 Å². The number of nitrogens with zero attached hydrogens (tertiary/aromatic N) is 8. The van der Waals surface area contributed by atoms with Crippen LogP contribution in [0, 0.1) is 17.3 Å². The maximum absolute atomic E-state index is 13.7. The van der Waals surface area contributed by atoms with Crippen LogP contribution in [0.3, 0.4) is 0 Å². The molecule has 4 aromatic rings. The first-order chi connectivity index (χ1) is 14.9. The summed E-state index contributed by atoms with van der Waals surface area (Å²) in [6, 6.07) is 4.83. The van der Waals surface area contributed by atoms with Gasteiger partial charge >= 0.3 is 0 Å². The monoisotopic (exact) mass is 417 g/mol. The zero-order valence-electron chi connectivity index (χ0n) is 16.6. The number of nitriles is 1. The van der Waals surface area contributed by atoms with Crippen molar-refractivity contribution >= 4 is 17.2 Å². The van der Waals surface area contributed by atoms with Crippen LogP contribution in [0.2, 0.25) is 0 Å². The molecule has 0 aliphatic heterocycles. The van der Waals surface area contributed by atoms with Gasteiger partial charge in [-0.1, -0.05) is 13.8 Å². The van der Waals surface area contributed by atoms with Crippen molar-refractivity contribution in [2.75, 3.05) is 5.32 Å². The fourth-order valence-electron chi connectivity index (χ4n) is 4.12. The lowest BCUT2D eigenvalue weighted by molar-refractivity contribution is -0.117. The van der Waals surface area contributed by atoms with Gasteiger partial charge in [0.25, 0.3) is 0 Å². The van der Waals surface area contributed by atoms with Gasteiger partial charge in [-0.15, -0.1) is 9.90 Å². The quantitative estimate of drug-likeness (QED) is 0.541. The van der Waals surface area contributed by atoms with Gasteiger partial charge in [0.2, 0.25) is 11.9 Å². The van der Waals surface area contributed by atoms with Crippen molar-refractivity contribution < 1.29 is 9.18 Å². The van der Waals surface area contributed by atoms with E-state index in [1.54, 1.807) is 6.20 Å². The van der Waals surface area contributed by atoms with Crippen molar-refractivity contribution in [2.24, 2.45) is 0 Å². The standard InChI is InChI=1S/C20H16FN9O/c1-20(2)7-13(14-10-23-16-6-15(21)28-29(16)17(14)20)19(31)27-12-5-11(8-22)18(24-9-12)30-25-3-4-26-30/h3-6,9-10,13H,7H2,1-2H3,(H,27,31)/t13-/m1/s1. The number of carbonyl (C=O) groups excluding carboxylic acids is 1. The summed E-state index contributed by atoms with van der Waals surface area (Å²) in [7, 11) is 0. The second-order valence-corrected chi connectivity index (χ2v) is 7.95. The number of nitrogens with one attached hydrogen (secondary N) is 1. The Morgan fingerprint density at radius 2 is 2.03 bits per heavy atom. The fourth-order valence-corrected chi connectivity index (χ4v) is 4.12. The summed E-state index contributed by atoms with van der Waals surface area (Å²) in [5.41, 5.74) is 2.04. The van der Waals surface area contributed by atoms with Crippen LogP contribution in [0.4, 0.5) is 10.1 Å². The van der Waals surface area contributed by atoms with Crippen molar-refractivity contribution in [2.45, 2.75) is 31.6 Å². The molecule has 0 unspecified atom stereocenters. The first-order valence-electron chi connectivity index (χ1n) is 9.50. The summed E-state index contributed by atoms with van der Waals surface area (Å²) in [6.45, 7) is 3.97. The van der Waals surface area contributed by atoms with E-state index in [2.05, 4.69) is 30.6 Å². The average Bonchev–Trinajstić information content (AvgIpc) is 3.44. The van der Waals surface area contributed by atoms with Gasteiger partial charge in [-0.25, -0.2) is 14.5 Å². The van der Waals surface area contributed by atoms with E-state index in [0.717, 1.165) is 5.69 Å². The molecule has 154 valence electrons. The number of rotatable bonds is 3. The van der Waals surface area contributed by atoms with Crippen molar-refractivity contribution in [3.8, 4) is 11.9 Å². The lowest BCUT2D eigenvalue weighted by Gasteiger charge is -2.19. The summed E-state index contributed by atoms with van der Waals surface area (Å²) in [5.74, 6) is -1.12. The van der Waals surface area contributed by atoms with Gasteiger partial charge in [0.1, 0.15) is 11.6 Å². The highest BCUT2D eigenvalue weighted by molar-refractivity contribution is 5.97. The van der Waals surface area contributed by atoms with Crippen molar-refractivity contribution in [1.82, 2.24) is 34.6 Å². The summed E-state index contributed by atoms with van der Waals surface area (Å²) >= 11 is 0. The Balaban J connectivity index is 1.47. The van der Waals surface area contributed by atoms with Crippen LogP contribution in [0.5, 0.6) is 0 Å². The maximum atomic E-state index is 13.7. The molecule has 1 aliphatic rings. The first-order valence-corrected chi connectivity index (χ1v) is 9.50. The normalized spacial score (nSPS) is 16.8. The molecule has 1 aliphatic carbocycles. The number of anilines is 1. The first kappa shape index (κ1) is 18.8. The van der Waals surface area contributed by atoms with E-state index < -0.39 is 17.3 Å². The van der Waals surface area contributed by atoms with Gasteiger partial charge in [-0.3, -0.25) is 4.79 Å². The maximum Gasteiger partial charge on any atom is 0.235 e. The van der Waals surface area contributed by atoms with Gasteiger partial charge in [0.05, 0.1) is 35.9 Å². The molecule has 0 aromatic carbocycles. The van der Waals surface area contributed by atoms with Gasteiger partial charge in [-0.05, 0) is 12.5 Å². The van der Waals surface area contributed by atoms with E-state index in [9.17, 15) is 14.4 Å². The Bertz CT molecular complexity index is 1370. The number of hydrogen-bond donors (Lipinski definition) is 1. The van der Waals surface area contributed by atoms with E-state index in [1.807, 2.05) is 19.9 Å². The van der Waals surface area contributed by atoms with Crippen LogP contribution >= 0.6 is 0 Å². The highest BCUT2D eigenvalue weighted by Crippen LogP contribution is 2.45. The molecular weight excluding hydrogens is 401 g/mol. The third kappa shape index (κ3) is 3.00. The number of halogens is 1. The van der Waals surface area contributed by atoms with Crippen LogP contribution < -0.4 is 5.32 Å². The zero-order chi connectivity index (χ0) is 21.8. The highest BCUT2D eigenvalue weighted by Gasteiger charge is 2.43. The second-order valence-electron chi connectivity index (χ2n) is 7.95. The van der Waals surface area contributed by atoms with Crippen LogP contribution in [0.15, 0.2) is 36.9 Å². The smallest absolute Gasteiger partial charge is 0.235 e. The Labute approximate surface area is 175 Å². The zero-order valence-corrected chi connectivity index (χ0v) is 16.6. The van der Waals surface area contributed by atoms with Crippen LogP contribution in [0.1, 0.15) is 43.0 Å². The van der Waals surface area contributed by atoms with Crippen LogP contribution in [-0.2, 0) is 10.2 Å². The Hall–Kier alpha value is -4.20. The minimum Gasteiger partial charge on any atom is -0.324 e. The van der Waals surface area contributed by atoms with Crippen molar-refractivity contribution in [3.63, 3.8) is 0 Å². The van der Waals surface area contributed by atoms with Crippen LogP contribution in [-0.4, -0.2) is 40.5 Å². The Morgan fingerprint density at radius 1 is 1.26 bits per heavy atom. The minimum absolute atomic E-state index is 0.219. The molecule has 0 bridgehead atoms. The number of amides is 1. The number of pyridine rings is 1. The van der Waals surface area contributed by atoms with E-state index in [-0.39, 0.29) is 17.3 Å². The molecule has 0 radical (unpaired) electrons. The number of fused-ring (bicyclic) bond motifs is 3. The molecule has 31 heavy (non-hydrogen) atoms. The van der Waals surface area contributed by atoms with Crippen LogP contribution in [0.25, 0.3) is 11.5 Å². The second kappa shape index (κ2) is 6.66. The molecule has 1 N–H and O–H groups in total. The third-order valence-electron chi connectivity index (χ3n) is 5.39. The van der Waals surface area contributed by atoms with Crippen molar-refractivity contribution in [1.29, 1.82) is 5.26 Å². The molecule has 0 fully saturated rings. The van der Waals surface area contributed by atoms with E-state index in [4.69, 9.17) is 0 Å². The van der Waals surface area contributed by atoms with E-state index in [0.29, 0.717) is 23.3 Å². The predicted octanol–water partition coefficient (Wildman–Crippen LogP) is 2.12. The molecule has 0 spiro atoms.